The van der Waals surface area contributed by atoms with Crippen LogP contribution in [0.3, 0.4) is 0 Å². The van der Waals surface area contributed by atoms with Crippen LogP contribution in [0.2, 0.25) is 0 Å². The maximum atomic E-state index is 11.1. The lowest BCUT2D eigenvalue weighted by atomic mass is 9.95. The summed E-state index contributed by atoms with van der Waals surface area (Å²) >= 11 is 3.38. The van der Waals surface area contributed by atoms with Crippen molar-refractivity contribution in [1.82, 2.24) is 14.8 Å². The van der Waals surface area contributed by atoms with Gasteiger partial charge in [-0.2, -0.15) is 5.26 Å². The van der Waals surface area contributed by atoms with Gasteiger partial charge in [0.25, 0.3) is 5.82 Å². The van der Waals surface area contributed by atoms with Crippen molar-refractivity contribution < 1.29 is 9.90 Å². The fourth-order valence-corrected chi connectivity index (χ4v) is 2.35. The lowest BCUT2D eigenvalue weighted by Crippen LogP contribution is -2.19. The van der Waals surface area contributed by atoms with Gasteiger partial charge >= 0.3 is 5.97 Å². The van der Waals surface area contributed by atoms with Crippen LogP contribution in [0.5, 0.6) is 0 Å². The number of benzene rings is 1. The SMILES string of the molecule is CC(C)(C)c1nc(C(=O)O)nn1-c1ccc(C#N)cc1Br. The summed E-state index contributed by atoms with van der Waals surface area (Å²) < 4.78 is 2.14. The summed E-state index contributed by atoms with van der Waals surface area (Å²) in [5, 5.41) is 22.1. The Labute approximate surface area is 130 Å². The van der Waals surface area contributed by atoms with Crippen LogP contribution < -0.4 is 0 Å². The Kier molecular flexibility index (Phi) is 3.83. The summed E-state index contributed by atoms with van der Waals surface area (Å²) in [5.74, 6) is -0.898. The Morgan fingerprint density at radius 3 is 2.57 bits per heavy atom. The minimum atomic E-state index is -1.18. The highest BCUT2D eigenvalue weighted by molar-refractivity contribution is 9.10. The number of carbonyl (C=O) groups is 1. The van der Waals surface area contributed by atoms with Gasteiger partial charge in [0.2, 0.25) is 0 Å². The fourth-order valence-electron chi connectivity index (χ4n) is 1.80. The predicted molar refractivity (Wildman–Crippen MR) is 79.4 cm³/mol. The molecule has 0 amide bonds. The first-order chi connectivity index (χ1) is 9.74. The quantitative estimate of drug-likeness (QED) is 0.900. The molecule has 0 aliphatic carbocycles. The number of carboxylic acid groups (broad SMARTS) is 1. The molecule has 0 aliphatic heterocycles. The number of carboxylic acids is 1. The van der Waals surface area contributed by atoms with E-state index in [1.165, 1.54) is 4.68 Å². The van der Waals surface area contributed by atoms with E-state index in [4.69, 9.17) is 10.4 Å². The number of rotatable bonds is 2. The number of nitrogens with zero attached hydrogens (tertiary/aromatic N) is 4. The van der Waals surface area contributed by atoms with Crippen LogP contribution in [0.25, 0.3) is 5.69 Å². The molecule has 6 nitrogen and oxygen atoms in total. The molecule has 2 aromatic rings. The van der Waals surface area contributed by atoms with Crippen LogP contribution in [0, 0.1) is 11.3 Å². The first kappa shape index (κ1) is 15.2. The first-order valence-electron chi connectivity index (χ1n) is 6.15. The average Bonchev–Trinajstić information content (AvgIpc) is 2.83. The molecular weight excluding hydrogens is 336 g/mol. The van der Waals surface area contributed by atoms with Crippen molar-refractivity contribution in [2.24, 2.45) is 0 Å². The van der Waals surface area contributed by atoms with Crippen LogP contribution in [0.4, 0.5) is 0 Å². The third kappa shape index (κ3) is 2.95. The zero-order valence-corrected chi connectivity index (χ0v) is 13.3. The molecule has 0 fully saturated rings. The van der Waals surface area contributed by atoms with Crippen LogP contribution >= 0.6 is 15.9 Å². The van der Waals surface area contributed by atoms with Crippen molar-refractivity contribution in [2.45, 2.75) is 26.2 Å². The smallest absolute Gasteiger partial charge is 0.375 e. The first-order valence-corrected chi connectivity index (χ1v) is 6.94. The van der Waals surface area contributed by atoms with E-state index in [1.54, 1.807) is 18.2 Å². The molecule has 0 radical (unpaired) electrons. The number of halogens is 1. The number of hydrogen-bond donors (Lipinski definition) is 1. The summed E-state index contributed by atoms with van der Waals surface area (Å²) in [4.78, 5) is 15.2. The topological polar surface area (TPSA) is 91.8 Å². The molecule has 0 aliphatic rings. The number of aromatic nitrogens is 3. The third-order valence-corrected chi connectivity index (χ3v) is 3.41. The zero-order chi connectivity index (χ0) is 15.8. The molecule has 0 spiro atoms. The molecule has 1 aromatic carbocycles. The summed E-state index contributed by atoms with van der Waals surface area (Å²) in [6, 6.07) is 7.06. The summed E-state index contributed by atoms with van der Waals surface area (Å²) in [6.45, 7) is 5.78. The summed E-state index contributed by atoms with van der Waals surface area (Å²) in [6.07, 6.45) is 0. The van der Waals surface area contributed by atoms with E-state index in [2.05, 4.69) is 26.0 Å². The van der Waals surface area contributed by atoms with Gasteiger partial charge in [0, 0.05) is 9.89 Å². The van der Waals surface area contributed by atoms with Gasteiger partial charge in [0.05, 0.1) is 17.3 Å². The fraction of sp³-hybridized carbons (Fsp3) is 0.286. The third-order valence-electron chi connectivity index (χ3n) is 2.77. The van der Waals surface area contributed by atoms with Gasteiger partial charge in [0.15, 0.2) is 0 Å². The predicted octanol–water partition coefficient (Wildman–Crippen LogP) is 2.90. The van der Waals surface area contributed by atoms with Crippen molar-refractivity contribution in [3.05, 3.63) is 39.9 Å². The van der Waals surface area contributed by atoms with E-state index >= 15 is 0 Å². The Morgan fingerprint density at radius 2 is 2.10 bits per heavy atom. The molecule has 21 heavy (non-hydrogen) atoms. The molecule has 0 saturated carbocycles. The molecule has 1 N–H and O–H groups in total. The van der Waals surface area contributed by atoms with Crippen LogP contribution in [0.1, 0.15) is 42.8 Å². The number of nitriles is 1. The molecule has 108 valence electrons. The van der Waals surface area contributed by atoms with E-state index < -0.39 is 5.97 Å². The molecule has 2 rings (SSSR count). The highest BCUT2D eigenvalue weighted by atomic mass is 79.9. The van der Waals surface area contributed by atoms with Crippen molar-refractivity contribution in [1.29, 1.82) is 5.26 Å². The second-order valence-electron chi connectivity index (χ2n) is 5.50. The molecule has 0 unspecified atom stereocenters. The maximum absolute atomic E-state index is 11.1. The Hall–Kier alpha value is -2.20. The van der Waals surface area contributed by atoms with Crippen LogP contribution in [-0.2, 0) is 5.41 Å². The van der Waals surface area contributed by atoms with Crippen LogP contribution in [-0.4, -0.2) is 25.8 Å². The Bertz CT molecular complexity index is 753. The van der Waals surface area contributed by atoms with Crippen molar-refractivity contribution in [3.8, 4) is 11.8 Å². The largest absolute Gasteiger partial charge is 0.475 e. The molecular formula is C14H13BrN4O2. The van der Waals surface area contributed by atoms with Crippen LogP contribution in [0.15, 0.2) is 22.7 Å². The van der Waals surface area contributed by atoms with Gasteiger partial charge in [-0.05, 0) is 34.1 Å². The normalized spacial score (nSPS) is 11.2. The minimum Gasteiger partial charge on any atom is -0.475 e. The lowest BCUT2D eigenvalue weighted by Gasteiger charge is -2.18. The van der Waals surface area contributed by atoms with Crippen molar-refractivity contribution in [2.75, 3.05) is 0 Å². The molecule has 0 atom stereocenters. The summed E-state index contributed by atoms with van der Waals surface area (Å²) in [5.41, 5.74) is 0.758. The lowest BCUT2D eigenvalue weighted by molar-refractivity contribution is 0.0683. The van der Waals surface area contributed by atoms with E-state index in [0.717, 1.165) is 0 Å². The zero-order valence-electron chi connectivity index (χ0n) is 11.8. The maximum Gasteiger partial charge on any atom is 0.375 e. The van der Waals surface area contributed by atoms with E-state index in [-0.39, 0.29) is 11.2 Å². The van der Waals surface area contributed by atoms with Gasteiger partial charge < -0.3 is 5.11 Å². The number of aromatic carboxylic acids is 1. The monoisotopic (exact) mass is 348 g/mol. The standard InChI is InChI=1S/C14H13BrN4O2/c1-14(2,3)13-17-11(12(20)21)18-19(13)10-5-4-8(7-16)6-9(10)15/h4-6H,1-3H3,(H,20,21). The highest BCUT2D eigenvalue weighted by Gasteiger charge is 2.26. The molecule has 1 heterocycles. The average molecular weight is 349 g/mol. The minimum absolute atomic E-state index is 0.254. The van der Waals surface area contributed by atoms with E-state index in [1.807, 2.05) is 26.8 Å². The highest BCUT2D eigenvalue weighted by Crippen LogP contribution is 2.28. The van der Waals surface area contributed by atoms with Gasteiger partial charge in [-0.25, -0.2) is 14.5 Å². The van der Waals surface area contributed by atoms with Crippen molar-refractivity contribution >= 4 is 21.9 Å². The van der Waals surface area contributed by atoms with Gasteiger partial charge in [-0.3, -0.25) is 0 Å². The Balaban J connectivity index is 2.68. The molecule has 0 saturated heterocycles. The number of hydrogen-bond acceptors (Lipinski definition) is 4. The van der Waals surface area contributed by atoms with Crippen molar-refractivity contribution in [3.63, 3.8) is 0 Å². The molecule has 7 heteroatoms. The second-order valence-corrected chi connectivity index (χ2v) is 6.36. The molecule has 0 bridgehead atoms. The van der Waals surface area contributed by atoms with Gasteiger partial charge in [0.1, 0.15) is 5.82 Å². The second kappa shape index (κ2) is 5.30. The Morgan fingerprint density at radius 1 is 1.43 bits per heavy atom. The van der Waals surface area contributed by atoms with Gasteiger partial charge in [-0.1, -0.05) is 20.8 Å². The van der Waals surface area contributed by atoms with Gasteiger partial charge in [-0.15, -0.1) is 5.10 Å². The van der Waals surface area contributed by atoms with E-state index in [0.29, 0.717) is 21.5 Å². The van der Waals surface area contributed by atoms with E-state index in [9.17, 15) is 4.79 Å². The molecule has 1 aromatic heterocycles. The summed E-state index contributed by atoms with van der Waals surface area (Å²) in [7, 11) is 0.